The van der Waals surface area contributed by atoms with E-state index in [0.29, 0.717) is 22.0 Å². The third-order valence-corrected chi connectivity index (χ3v) is 4.33. The molecule has 0 saturated carbocycles. The molecular formula is C14H10BrClINO2. The van der Waals surface area contributed by atoms with Gasteiger partial charge in [-0.1, -0.05) is 27.5 Å². The van der Waals surface area contributed by atoms with E-state index in [9.17, 15) is 4.79 Å². The average molecular weight is 466 g/mol. The highest BCUT2D eigenvalue weighted by atomic mass is 127. The predicted molar refractivity (Wildman–Crippen MR) is 92.8 cm³/mol. The summed E-state index contributed by atoms with van der Waals surface area (Å²) in [7, 11) is 1.53. The molecule has 3 nitrogen and oxygen atoms in total. The summed E-state index contributed by atoms with van der Waals surface area (Å²) in [5.41, 5.74) is 1.24. The number of anilines is 1. The maximum absolute atomic E-state index is 12.3. The molecule has 0 bridgehead atoms. The molecule has 0 heterocycles. The topological polar surface area (TPSA) is 38.3 Å². The van der Waals surface area contributed by atoms with Crippen molar-refractivity contribution in [3.05, 3.63) is 55.0 Å². The monoisotopic (exact) mass is 465 g/mol. The van der Waals surface area contributed by atoms with Gasteiger partial charge in [-0.25, -0.2) is 0 Å². The van der Waals surface area contributed by atoms with Crippen LogP contribution < -0.4 is 10.1 Å². The molecule has 0 aliphatic heterocycles. The van der Waals surface area contributed by atoms with Crippen LogP contribution in [-0.4, -0.2) is 13.0 Å². The lowest BCUT2D eigenvalue weighted by molar-refractivity contribution is 0.102. The number of halogens is 3. The number of carbonyl (C=O) groups is 1. The lowest BCUT2D eigenvalue weighted by Crippen LogP contribution is -2.13. The lowest BCUT2D eigenvalue weighted by atomic mass is 10.2. The number of carbonyl (C=O) groups excluding carboxylic acids is 1. The molecule has 0 spiro atoms. The molecule has 0 unspecified atom stereocenters. The van der Waals surface area contributed by atoms with Gasteiger partial charge in [-0.15, -0.1) is 0 Å². The number of ether oxygens (including phenoxy) is 1. The molecule has 2 rings (SSSR count). The van der Waals surface area contributed by atoms with Gasteiger partial charge in [0.05, 0.1) is 17.7 Å². The fraction of sp³-hybridized carbons (Fsp3) is 0.0714. The van der Waals surface area contributed by atoms with E-state index in [1.807, 2.05) is 12.1 Å². The lowest BCUT2D eigenvalue weighted by Gasteiger charge is -2.09. The maximum atomic E-state index is 12.3. The van der Waals surface area contributed by atoms with Crippen LogP contribution in [0.15, 0.2) is 40.9 Å². The van der Waals surface area contributed by atoms with E-state index in [2.05, 4.69) is 43.8 Å². The number of hydrogen-bond acceptors (Lipinski definition) is 2. The Labute approximate surface area is 143 Å². The van der Waals surface area contributed by atoms with E-state index < -0.39 is 0 Å². The third-order valence-electron chi connectivity index (χ3n) is 2.58. The van der Waals surface area contributed by atoms with Crippen LogP contribution >= 0.6 is 50.1 Å². The normalized spacial score (nSPS) is 10.2. The zero-order valence-corrected chi connectivity index (χ0v) is 14.9. The van der Waals surface area contributed by atoms with Crippen molar-refractivity contribution in [2.24, 2.45) is 0 Å². The smallest absolute Gasteiger partial charge is 0.256 e. The molecule has 0 radical (unpaired) electrons. The van der Waals surface area contributed by atoms with Crippen LogP contribution in [0.25, 0.3) is 0 Å². The minimum absolute atomic E-state index is 0.180. The summed E-state index contributed by atoms with van der Waals surface area (Å²) >= 11 is 11.4. The van der Waals surface area contributed by atoms with Gasteiger partial charge in [0.2, 0.25) is 0 Å². The molecule has 0 aliphatic rings. The Morgan fingerprint density at radius 3 is 2.75 bits per heavy atom. The number of amides is 1. The van der Waals surface area contributed by atoms with Gasteiger partial charge >= 0.3 is 0 Å². The number of rotatable bonds is 3. The van der Waals surface area contributed by atoms with E-state index in [-0.39, 0.29) is 5.91 Å². The standard InChI is InChI=1S/C14H10BrClINO2/c1-20-13-7-9(3-4-11(13)16)18-14(19)10-6-8(15)2-5-12(10)17/h2-7H,1H3,(H,18,19). The van der Waals surface area contributed by atoms with Gasteiger partial charge in [0.1, 0.15) is 5.75 Å². The highest BCUT2D eigenvalue weighted by Gasteiger charge is 2.12. The van der Waals surface area contributed by atoms with Crippen LogP contribution in [0.4, 0.5) is 5.69 Å². The highest BCUT2D eigenvalue weighted by Crippen LogP contribution is 2.28. The summed E-state index contributed by atoms with van der Waals surface area (Å²) in [5, 5.41) is 3.33. The summed E-state index contributed by atoms with van der Waals surface area (Å²) in [6.45, 7) is 0. The second-order valence-corrected chi connectivity index (χ2v) is 6.41. The molecule has 0 atom stereocenters. The number of methoxy groups -OCH3 is 1. The summed E-state index contributed by atoms with van der Waals surface area (Å²) in [4.78, 5) is 12.3. The van der Waals surface area contributed by atoms with Gasteiger partial charge in [-0.3, -0.25) is 4.79 Å². The van der Waals surface area contributed by atoms with Crippen molar-refractivity contribution in [3.63, 3.8) is 0 Å². The zero-order valence-electron chi connectivity index (χ0n) is 10.4. The summed E-state index contributed by atoms with van der Waals surface area (Å²) in [6.07, 6.45) is 0. The van der Waals surface area contributed by atoms with Gasteiger partial charge in [0.25, 0.3) is 5.91 Å². The Balaban J connectivity index is 2.25. The van der Waals surface area contributed by atoms with Gasteiger partial charge in [0.15, 0.2) is 0 Å². The van der Waals surface area contributed by atoms with Crippen molar-refractivity contribution < 1.29 is 9.53 Å². The number of hydrogen-bond donors (Lipinski definition) is 1. The van der Waals surface area contributed by atoms with Crippen molar-refractivity contribution in [1.29, 1.82) is 0 Å². The van der Waals surface area contributed by atoms with E-state index in [1.54, 1.807) is 24.3 Å². The molecule has 0 aliphatic carbocycles. The van der Waals surface area contributed by atoms with Crippen molar-refractivity contribution in [2.75, 3.05) is 12.4 Å². The van der Waals surface area contributed by atoms with Crippen LogP contribution in [0.1, 0.15) is 10.4 Å². The first-order chi connectivity index (χ1) is 9.51. The number of benzene rings is 2. The Morgan fingerprint density at radius 2 is 2.05 bits per heavy atom. The minimum Gasteiger partial charge on any atom is -0.495 e. The van der Waals surface area contributed by atoms with Crippen molar-refractivity contribution in [2.45, 2.75) is 0 Å². The van der Waals surface area contributed by atoms with Crippen molar-refractivity contribution >= 4 is 61.7 Å². The molecule has 1 amide bonds. The average Bonchev–Trinajstić information content (AvgIpc) is 2.43. The molecule has 104 valence electrons. The van der Waals surface area contributed by atoms with Crippen molar-refractivity contribution in [3.8, 4) is 5.75 Å². The Morgan fingerprint density at radius 1 is 1.30 bits per heavy atom. The van der Waals surface area contributed by atoms with Gasteiger partial charge in [-0.05, 0) is 52.9 Å². The predicted octanol–water partition coefficient (Wildman–Crippen LogP) is 4.97. The molecule has 0 saturated heterocycles. The van der Waals surface area contributed by atoms with E-state index in [4.69, 9.17) is 16.3 Å². The zero-order chi connectivity index (χ0) is 14.7. The quantitative estimate of drug-likeness (QED) is 0.649. The number of nitrogens with one attached hydrogen (secondary N) is 1. The van der Waals surface area contributed by atoms with Crippen LogP contribution in [0.3, 0.4) is 0 Å². The van der Waals surface area contributed by atoms with Crippen LogP contribution in [-0.2, 0) is 0 Å². The van der Waals surface area contributed by atoms with E-state index in [1.165, 1.54) is 7.11 Å². The van der Waals surface area contributed by atoms with Gasteiger partial charge < -0.3 is 10.1 Å². The summed E-state index contributed by atoms with van der Waals surface area (Å²) in [5.74, 6) is 0.341. The first-order valence-electron chi connectivity index (χ1n) is 5.61. The van der Waals surface area contributed by atoms with Crippen LogP contribution in [0.2, 0.25) is 5.02 Å². The highest BCUT2D eigenvalue weighted by molar-refractivity contribution is 14.1. The third kappa shape index (κ3) is 3.65. The molecular weight excluding hydrogens is 456 g/mol. The minimum atomic E-state index is -0.180. The summed E-state index contributed by atoms with van der Waals surface area (Å²) < 4.78 is 6.86. The van der Waals surface area contributed by atoms with E-state index in [0.717, 1.165) is 8.04 Å². The first kappa shape index (κ1) is 15.6. The SMILES string of the molecule is COc1cc(NC(=O)c2cc(Br)ccc2I)ccc1Cl. The second-order valence-electron chi connectivity index (χ2n) is 3.93. The Bertz CT molecular complexity index is 664. The first-order valence-corrected chi connectivity index (χ1v) is 7.86. The maximum Gasteiger partial charge on any atom is 0.256 e. The van der Waals surface area contributed by atoms with Gasteiger partial charge in [0, 0.05) is 19.8 Å². The van der Waals surface area contributed by atoms with E-state index >= 15 is 0 Å². The van der Waals surface area contributed by atoms with Crippen molar-refractivity contribution in [1.82, 2.24) is 0 Å². The molecule has 2 aromatic rings. The second kappa shape index (κ2) is 6.78. The molecule has 20 heavy (non-hydrogen) atoms. The van der Waals surface area contributed by atoms with Crippen LogP contribution in [0.5, 0.6) is 5.75 Å². The fourth-order valence-electron chi connectivity index (χ4n) is 1.61. The molecule has 0 fully saturated rings. The fourth-order valence-corrected chi connectivity index (χ4v) is 2.74. The Kier molecular flexibility index (Phi) is 5.29. The van der Waals surface area contributed by atoms with Gasteiger partial charge in [-0.2, -0.15) is 0 Å². The Hall–Kier alpha value is -0.790. The largest absolute Gasteiger partial charge is 0.495 e. The molecule has 0 aromatic heterocycles. The summed E-state index contributed by atoms with van der Waals surface area (Å²) in [6, 6.07) is 10.6. The molecule has 2 aromatic carbocycles. The van der Waals surface area contributed by atoms with Crippen LogP contribution in [0, 0.1) is 3.57 Å². The molecule has 6 heteroatoms. The molecule has 1 N–H and O–H groups in total.